The van der Waals surface area contributed by atoms with Crippen molar-refractivity contribution in [3.05, 3.63) is 11.1 Å². The van der Waals surface area contributed by atoms with Crippen LogP contribution in [0.5, 0.6) is 0 Å². The number of carbonyl (C=O) groups is 2. The summed E-state index contributed by atoms with van der Waals surface area (Å²) in [4.78, 5) is 23.2. The monoisotopic (exact) mass is 212 g/mol. The van der Waals surface area contributed by atoms with Crippen LogP contribution < -0.4 is 0 Å². The van der Waals surface area contributed by atoms with Gasteiger partial charge >= 0.3 is 0 Å². The average molecular weight is 212 g/mol. The van der Waals surface area contributed by atoms with Crippen molar-refractivity contribution >= 4 is 22.7 Å². The molecule has 0 bridgehead atoms. The zero-order valence-corrected chi connectivity index (χ0v) is 9.96. The molecule has 0 heterocycles. The highest BCUT2D eigenvalue weighted by Crippen LogP contribution is 2.37. The maximum absolute atomic E-state index is 11.7. The van der Waals surface area contributed by atoms with Gasteiger partial charge in [0.2, 0.25) is 5.12 Å². The Hall–Kier alpha value is -0.570. The maximum atomic E-state index is 11.7. The van der Waals surface area contributed by atoms with Gasteiger partial charge < -0.3 is 0 Å². The molecule has 1 rings (SSSR count). The van der Waals surface area contributed by atoms with E-state index in [-0.39, 0.29) is 16.3 Å². The minimum atomic E-state index is -0.0806. The van der Waals surface area contributed by atoms with Gasteiger partial charge in [0.15, 0.2) is 5.78 Å². The normalized spacial score (nSPS) is 21.3. The number of carbonyl (C=O) groups excluding carboxylic acids is 2. The summed E-state index contributed by atoms with van der Waals surface area (Å²) in [7, 11) is 0. The van der Waals surface area contributed by atoms with E-state index in [1.807, 2.05) is 6.92 Å². The van der Waals surface area contributed by atoms with E-state index in [9.17, 15) is 9.59 Å². The molecule has 0 N–H and O–H groups in total. The molecule has 0 aromatic heterocycles. The molecule has 3 heteroatoms. The Kier molecular flexibility index (Phi) is 3.20. The lowest BCUT2D eigenvalue weighted by Crippen LogP contribution is -2.27. The number of hydrogen-bond donors (Lipinski definition) is 0. The smallest absolute Gasteiger partial charge is 0.222 e. The van der Waals surface area contributed by atoms with Crippen molar-refractivity contribution < 1.29 is 9.59 Å². The summed E-state index contributed by atoms with van der Waals surface area (Å²) in [6.45, 7) is 6.02. The van der Waals surface area contributed by atoms with E-state index in [0.717, 1.165) is 23.8 Å². The molecular weight excluding hydrogens is 196 g/mol. The number of allylic oxidation sites excluding steroid dienone is 1. The molecule has 78 valence electrons. The largest absolute Gasteiger partial charge is 0.294 e. The second kappa shape index (κ2) is 3.89. The number of thioether (sulfide) groups is 1. The van der Waals surface area contributed by atoms with E-state index < -0.39 is 0 Å². The van der Waals surface area contributed by atoms with Crippen molar-refractivity contribution in [2.75, 3.05) is 6.26 Å². The minimum Gasteiger partial charge on any atom is -0.294 e. The lowest BCUT2D eigenvalue weighted by Gasteiger charge is -2.30. The molecule has 2 nitrogen and oxygen atoms in total. The van der Waals surface area contributed by atoms with Crippen LogP contribution in [0.4, 0.5) is 0 Å². The summed E-state index contributed by atoms with van der Waals surface area (Å²) in [5, 5.41) is -0.0806. The average Bonchev–Trinajstić information content (AvgIpc) is 1.99. The fraction of sp³-hybridized carbons (Fsp3) is 0.636. The summed E-state index contributed by atoms with van der Waals surface area (Å²) >= 11 is 1.12. The Bertz CT molecular complexity index is 313. The van der Waals surface area contributed by atoms with Gasteiger partial charge in [-0.15, -0.1) is 0 Å². The van der Waals surface area contributed by atoms with Crippen molar-refractivity contribution in [1.29, 1.82) is 0 Å². The molecule has 0 saturated heterocycles. The van der Waals surface area contributed by atoms with Gasteiger partial charge in [-0.2, -0.15) is 0 Å². The first-order chi connectivity index (χ1) is 6.37. The first kappa shape index (κ1) is 11.5. The predicted octanol–water partition coefficient (Wildman–Crippen LogP) is 2.58. The Labute approximate surface area is 89.1 Å². The Balaban J connectivity index is 3.05. The van der Waals surface area contributed by atoms with Crippen LogP contribution >= 0.6 is 11.8 Å². The molecule has 0 aliphatic heterocycles. The minimum absolute atomic E-state index is 0.0121. The van der Waals surface area contributed by atoms with Crippen LogP contribution in [0.2, 0.25) is 0 Å². The SMILES string of the molecule is CSC(=O)C1=C(C)CC(C)(C)CC1=O. The Morgan fingerprint density at radius 1 is 1.36 bits per heavy atom. The van der Waals surface area contributed by atoms with Gasteiger partial charge in [0.05, 0.1) is 5.57 Å². The zero-order valence-electron chi connectivity index (χ0n) is 9.14. The van der Waals surface area contributed by atoms with Gasteiger partial charge in [0.25, 0.3) is 0 Å². The van der Waals surface area contributed by atoms with Crippen molar-refractivity contribution in [1.82, 2.24) is 0 Å². The number of hydrogen-bond acceptors (Lipinski definition) is 3. The molecule has 0 spiro atoms. The van der Waals surface area contributed by atoms with Gasteiger partial charge in [-0.3, -0.25) is 9.59 Å². The highest BCUT2D eigenvalue weighted by Gasteiger charge is 2.33. The number of Topliss-reactive ketones (excluding diaryl/α,β-unsaturated/α-hetero) is 1. The molecule has 1 aliphatic carbocycles. The lowest BCUT2D eigenvalue weighted by molar-refractivity contribution is -0.120. The maximum Gasteiger partial charge on any atom is 0.222 e. The van der Waals surface area contributed by atoms with Gasteiger partial charge in [-0.1, -0.05) is 31.2 Å². The third-order valence-electron chi connectivity index (χ3n) is 2.48. The number of ketones is 1. The van der Waals surface area contributed by atoms with Crippen LogP contribution in [0.25, 0.3) is 0 Å². The van der Waals surface area contributed by atoms with Crippen molar-refractivity contribution in [3.8, 4) is 0 Å². The Morgan fingerprint density at radius 3 is 2.36 bits per heavy atom. The second-order valence-electron chi connectivity index (χ2n) is 4.59. The molecule has 0 radical (unpaired) electrons. The van der Waals surface area contributed by atoms with Crippen molar-refractivity contribution in [2.45, 2.75) is 33.6 Å². The molecule has 0 atom stereocenters. The molecule has 0 aromatic rings. The standard InChI is InChI=1S/C11H16O2S/c1-7-5-11(2,3)6-8(12)9(7)10(13)14-4/h5-6H2,1-4H3. The van der Waals surface area contributed by atoms with Gasteiger partial charge in [-0.05, 0) is 25.0 Å². The molecule has 0 unspecified atom stereocenters. The Morgan fingerprint density at radius 2 is 1.93 bits per heavy atom. The van der Waals surface area contributed by atoms with Gasteiger partial charge in [0, 0.05) is 6.42 Å². The first-order valence-corrected chi connectivity index (χ1v) is 5.91. The second-order valence-corrected chi connectivity index (χ2v) is 5.37. The van der Waals surface area contributed by atoms with Crippen LogP contribution in [0.3, 0.4) is 0 Å². The lowest BCUT2D eigenvalue weighted by atomic mass is 9.74. The highest BCUT2D eigenvalue weighted by atomic mass is 32.2. The summed E-state index contributed by atoms with van der Waals surface area (Å²) in [6, 6.07) is 0. The summed E-state index contributed by atoms with van der Waals surface area (Å²) in [6.07, 6.45) is 3.06. The first-order valence-electron chi connectivity index (χ1n) is 4.68. The van der Waals surface area contributed by atoms with E-state index in [1.54, 1.807) is 6.26 Å². The quantitative estimate of drug-likeness (QED) is 0.626. The summed E-state index contributed by atoms with van der Waals surface area (Å²) in [5.41, 5.74) is 1.41. The van der Waals surface area contributed by atoms with E-state index in [0.29, 0.717) is 12.0 Å². The van der Waals surface area contributed by atoms with Crippen molar-refractivity contribution in [2.24, 2.45) is 5.41 Å². The number of rotatable bonds is 1. The topological polar surface area (TPSA) is 34.1 Å². The molecule has 1 aliphatic rings. The van der Waals surface area contributed by atoms with Crippen LogP contribution in [0.1, 0.15) is 33.6 Å². The molecule has 0 fully saturated rings. The summed E-state index contributed by atoms with van der Waals surface area (Å²) in [5.74, 6) is 0.0121. The molecule has 0 aromatic carbocycles. The van der Waals surface area contributed by atoms with E-state index in [2.05, 4.69) is 13.8 Å². The molecule has 14 heavy (non-hydrogen) atoms. The third kappa shape index (κ3) is 2.27. The van der Waals surface area contributed by atoms with Crippen LogP contribution in [0, 0.1) is 5.41 Å². The highest BCUT2D eigenvalue weighted by molar-refractivity contribution is 8.13. The summed E-state index contributed by atoms with van der Waals surface area (Å²) < 4.78 is 0. The fourth-order valence-electron chi connectivity index (χ4n) is 2.02. The molecule has 0 amide bonds. The molecule has 0 saturated carbocycles. The van der Waals surface area contributed by atoms with Crippen LogP contribution in [-0.4, -0.2) is 17.2 Å². The van der Waals surface area contributed by atoms with Crippen LogP contribution in [0.15, 0.2) is 11.1 Å². The third-order valence-corrected chi connectivity index (χ3v) is 3.05. The fourth-order valence-corrected chi connectivity index (χ4v) is 2.51. The van der Waals surface area contributed by atoms with E-state index in [4.69, 9.17) is 0 Å². The van der Waals surface area contributed by atoms with Crippen LogP contribution in [-0.2, 0) is 9.59 Å². The van der Waals surface area contributed by atoms with Gasteiger partial charge in [0.1, 0.15) is 0 Å². The predicted molar refractivity (Wildman–Crippen MR) is 59.2 cm³/mol. The van der Waals surface area contributed by atoms with Crippen molar-refractivity contribution in [3.63, 3.8) is 0 Å². The van der Waals surface area contributed by atoms with Gasteiger partial charge in [-0.25, -0.2) is 0 Å². The van der Waals surface area contributed by atoms with E-state index in [1.165, 1.54) is 0 Å². The molecular formula is C11H16O2S. The van der Waals surface area contributed by atoms with E-state index >= 15 is 0 Å². The zero-order chi connectivity index (χ0) is 10.9.